The van der Waals surface area contributed by atoms with Crippen LogP contribution in [0.25, 0.3) is 5.82 Å². The number of aromatic nitrogens is 4. The molecule has 3 rings (SSSR count). The fourth-order valence-corrected chi connectivity index (χ4v) is 2.07. The van der Waals surface area contributed by atoms with Crippen molar-refractivity contribution in [2.24, 2.45) is 0 Å². The Kier molecular flexibility index (Phi) is 5.32. The van der Waals surface area contributed by atoms with Gasteiger partial charge in [-0.05, 0) is 30.3 Å². The second kappa shape index (κ2) is 8.01. The van der Waals surface area contributed by atoms with Gasteiger partial charge in [0, 0.05) is 31.5 Å². The van der Waals surface area contributed by atoms with Crippen LogP contribution in [0, 0.1) is 11.6 Å². The van der Waals surface area contributed by atoms with Crippen LogP contribution in [0.5, 0.6) is 0 Å². The highest BCUT2D eigenvalue weighted by Crippen LogP contribution is 2.14. The Morgan fingerprint density at radius 2 is 2.00 bits per heavy atom. The quantitative estimate of drug-likeness (QED) is 0.586. The molecule has 2 heterocycles. The van der Waals surface area contributed by atoms with Crippen LogP contribution in [0.3, 0.4) is 0 Å². The summed E-state index contributed by atoms with van der Waals surface area (Å²) in [6.07, 6.45) is 3.39. The summed E-state index contributed by atoms with van der Waals surface area (Å²) in [4.78, 5) is 11.7. The number of nitrogens with one attached hydrogen (secondary N) is 3. The fourth-order valence-electron chi connectivity index (χ4n) is 2.07. The third kappa shape index (κ3) is 4.50. The van der Waals surface area contributed by atoms with Crippen LogP contribution in [0.2, 0.25) is 0 Å². The molecule has 26 heavy (non-hydrogen) atoms. The van der Waals surface area contributed by atoms with Crippen LogP contribution in [0.1, 0.15) is 0 Å². The maximum atomic E-state index is 13.4. The average Bonchev–Trinajstić information content (AvgIpc) is 3.17. The van der Waals surface area contributed by atoms with Crippen molar-refractivity contribution in [3.63, 3.8) is 0 Å². The van der Waals surface area contributed by atoms with Crippen LogP contribution < -0.4 is 16.0 Å². The minimum atomic E-state index is -0.716. The van der Waals surface area contributed by atoms with Gasteiger partial charge in [0.2, 0.25) is 0 Å². The minimum absolute atomic E-state index is 0.226. The smallest absolute Gasteiger partial charge is 0.319 e. The molecule has 2 amide bonds. The number of hydrogen-bond acceptors (Lipinski definition) is 5. The highest BCUT2D eigenvalue weighted by Gasteiger charge is 2.07. The summed E-state index contributed by atoms with van der Waals surface area (Å²) in [6, 6.07) is 7.43. The van der Waals surface area contributed by atoms with Gasteiger partial charge in [-0.1, -0.05) is 0 Å². The number of urea groups is 1. The van der Waals surface area contributed by atoms with Gasteiger partial charge in [-0.3, -0.25) is 0 Å². The third-order valence-corrected chi connectivity index (χ3v) is 3.28. The Balaban J connectivity index is 1.42. The Bertz CT molecular complexity index is 869. The zero-order chi connectivity index (χ0) is 18.4. The number of nitrogens with zero attached hydrogens (tertiary/aromatic N) is 4. The number of benzene rings is 1. The molecule has 0 saturated heterocycles. The summed E-state index contributed by atoms with van der Waals surface area (Å²) in [5.74, 6) is -0.248. The van der Waals surface area contributed by atoms with E-state index in [1.165, 1.54) is 0 Å². The molecule has 0 radical (unpaired) electrons. The predicted octanol–water partition coefficient (Wildman–Crippen LogP) is 2.17. The zero-order valence-electron chi connectivity index (χ0n) is 13.5. The molecule has 10 heteroatoms. The SMILES string of the molecule is O=C(NCCNc1ccc(-n2cccn2)nn1)Nc1cc(F)ccc1F. The normalized spacial score (nSPS) is 10.4. The van der Waals surface area contributed by atoms with Gasteiger partial charge in [0.15, 0.2) is 5.82 Å². The van der Waals surface area contributed by atoms with E-state index in [2.05, 4.69) is 31.2 Å². The molecule has 1 aromatic carbocycles. The zero-order valence-corrected chi connectivity index (χ0v) is 13.5. The molecule has 0 aliphatic heterocycles. The van der Waals surface area contributed by atoms with E-state index in [9.17, 15) is 13.6 Å². The minimum Gasteiger partial charge on any atom is -0.367 e. The standard InChI is InChI=1S/C16H15F2N7O/c17-11-2-3-12(18)13(10-11)22-16(26)20-8-7-19-14-4-5-15(24-23-14)25-9-1-6-21-25/h1-6,9-10H,7-8H2,(H,19,23)(H2,20,22,26). The van der Waals surface area contributed by atoms with E-state index in [4.69, 9.17) is 0 Å². The lowest BCUT2D eigenvalue weighted by molar-refractivity contribution is 0.252. The van der Waals surface area contributed by atoms with Crippen molar-refractivity contribution in [1.82, 2.24) is 25.3 Å². The molecule has 2 aromatic heterocycles. The van der Waals surface area contributed by atoms with Crippen LogP contribution in [-0.4, -0.2) is 39.1 Å². The first-order chi connectivity index (χ1) is 12.6. The van der Waals surface area contributed by atoms with Crippen LogP contribution in [0.15, 0.2) is 48.8 Å². The van der Waals surface area contributed by atoms with Gasteiger partial charge in [0.05, 0.1) is 5.69 Å². The molecule has 0 atom stereocenters. The topological polar surface area (TPSA) is 96.8 Å². The fraction of sp³-hybridized carbons (Fsp3) is 0.125. The number of carbonyl (C=O) groups is 1. The van der Waals surface area contributed by atoms with E-state index in [-0.39, 0.29) is 12.2 Å². The van der Waals surface area contributed by atoms with E-state index < -0.39 is 17.7 Å². The van der Waals surface area contributed by atoms with Gasteiger partial charge in [0.1, 0.15) is 17.5 Å². The van der Waals surface area contributed by atoms with Crippen LogP contribution in [0.4, 0.5) is 25.1 Å². The summed E-state index contributed by atoms with van der Waals surface area (Å²) in [6.45, 7) is 0.611. The van der Waals surface area contributed by atoms with Crippen molar-refractivity contribution < 1.29 is 13.6 Å². The summed E-state index contributed by atoms with van der Waals surface area (Å²) >= 11 is 0. The molecule has 0 saturated carbocycles. The summed E-state index contributed by atoms with van der Waals surface area (Å²) in [7, 11) is 0. The van der Waals surface area contributed by atoms with Gasteiger partial charge < -0.3 is 16.0 Å². The average molecular weight is 359 g/mol. The number of rotatable bonds is 6. The second-order valence-electron chi connectivity index (χ2n) is 5.16. The van der Waals surface area contributed by atoms with E-state index in [1.54, 1.807) is 35.3 Å². The van der Waals surface area contributed by atoms with Crippen LogP contribution in [-0.2, 0) is 0 Å². The third-order valence-electron chi connectivity index (χ3n) is 3.28. The van der Waals surface area contributed by atoms with Crippen molar-refractivity contribution in [2.45, 2.75) is 0 Å². The monoisotopic (exact) mass is 359 g/mol. The highest BCUT2D eigenvalue weighted by molar-refractivity contribution is 5.89. The molecule has 3 N–H and O–H groups in total. The summed E-state index contributed by atoms with van der Waals surface area (Å²) in [5.41, 5.74) is -0.226. The molecule has 0 unspecified atom stereocenters. The van der Waals surface area contributed by atoms with Gasteiger partial charge in [-0.2, -0.15) is 5.10 Å². The molecule has 134 valence electrons. The second-order valence-corrected chi connectivity index (χ2v) is 5.16. The summed E-state index contributed by atoms with van der Waals surface area (Å²) < 4.78 is 28.1. The van der Waals surface area contributed by atoms with Gasteiger partial charge in [-0.15, -0.1) is 10.2 Å². The number of halogens is 2. The maximum absolute atomic E-state index is 13.4. The summed E-state index contributed by atoms with van der Waals surface area (Å²) in [5, 5.41) is 19.8. The van der Waals surface area contributed by atoms with Crippen molar-refractivity contribution >= 4 is 17.5 Å². The first kappa shape index (κ1) is 17.3. The lowest BCUT2D eigenvalue weighted by Gasteiger charge is -2.09. The molecule has 3 aromatic rings. The molecule has 0 aliphatic rings. The molecule has 8 nitrogen and oxygen atoms in total. The number of carbonyl (C=O) groups excluding carboxylic acids is 1. The van der Waals surface area contributed by atoms with Gasteiger partial charge in [0.25, 0.3) is 0 Å². The molecule has 0 fully saturated rings. The molecular weight excluding hydrogens is 344 g/mol. The van der Waals surface area contributed by atoms with Crippen molar-refractivity contribution in [1.29, 1.82) is 0 Å². The predicted molar refractivity (Wildman–Crippen MR) is 91.0 cm³/mol. The number of amides is 2. The molecule has 0 bridgehead atoms. The first-order valence-corrected chi connectivity index (χ1v) is 7.69. The first-order valence-electron chi connectivity index (χ1n) is 7.69. The molecular formula is C16H15F2N7O. The van der Waals surface area contributed by atoms with E-state index in [0.717, 1.165) is 18.2 Å². The molecule has 0 spiro atoms. The maximum Gasteiger partial charge on any atom is 0.319 e. The number of anilines is 2. The molecule has 0 aliphatic carbocycles. The van der Waals surface area contributed by atoms with E-state index >= 15 is 0 Å². The van der Waals surface area contributed by atoms with Crippen molar-refractivity contribution in [3.8, 4) is 5.82 Å². The van der Waals surface area contributed by atoms with Crippen molar-refractivity contribution in [3.05, 3.63) is 60.4 Å². The largest absolute Gasteiger partial charge is 0.367 e. The lowest BCUT2D eigenvalue weighted by atomic mass is 10.3. The van der Waals surface area contributed by atoms with Crippen LogP contribution >= 0.6 is 0 Å². The number of hydrogen-bond donors (Lipinski definition) is 3. The van der Waals surface area contributed by atoms with E-state index in [0.29, 0.717) is 18.2 Å². The van der Waals surface area contributed by atoms with E-state index in [1.807, 2.05) is 0 Å². The van der Waals surface area contributed by atoms with Gasteiger partial charge in [-0.25, -0.2) is 18.3 Å². The Hall–Kier alpha value is -3.56. The van der Waals surface area contributed by atoms with Gasteiger partial charge >= 0.3 is 6.03 Å². The highest BCUT2D eigenvalue weighted by atomic mass is 19.1. The Morgan fingerprint density at radius 1 is 1.12 bits per heavy atom. The Labute approximate surface area is 147 Å². The van der Waals surface area contributed by atoms with Crippen molar-refractivity contribution in [2.75, 3.05) is 23.7 Å². The lowest BCUT2D eigenvalue weighted by Crippen LogP contribution is -2.33. The Morgan fingerprint density at radius 3 is 2.73 bits per heavy atom.